The normalized spacial score (nSPS) is 12.6. The number of carbonyl (C=O) groups excluding carboxylic acids is 1. The molecule has 0 unspecified atom stereocenters. The van der Waals surface area contributed by atoms with Crippen LogP contribution in [0.5, 0.6) is 0 Å². The molecule has 2 rings (SSSR count). The number of rotatable bonds is 2. The lowest BCUT2D eigenvalue weighted by Crippen LogP contribution is -1.99. The molecule has 0 bridgehead atoms. The van der Waals surface area contributed by atoms with Gasteiger partial charge in [-0.2, -0.15) is 0 Å². The highest BCUT2D eigenvalue weighted by Gasteiger charge is 2.17. The van der Waals surface area contributed by atoms with Crippen LogP contribution in [0, 0.1) is 6.92 Å². The third kappa shape index (κ3) is 2.06. The molecule has 0 spiro atoms. The minimum atomic E-state index is -0.270. The van der Waals surface area contributed by atoms with Crippen LogP contribution in [0.1, 0.15) is 25.3 Å². The SMILES string of the molecule is CC(=O)C(=C(C)O)c1nc2cc(C)ccc2o1. The van der Waals surface area contributed by atoms with Crippen LogP contribution in [0.2, 0.25) is 0 Å². The van der Waals surface area contributed by atoms with Gasteiger partial charge >= 0.3 is 0 Å². The van der Waals surface area contributed by atoms with Crippen LogP contribution in [-0.4, -0.2) is 15.9 Å². The largest absolute Gasteiger partial charge is 0.512 e. The number of aromatic nitrogens is 1. The molecule has 0 radical (unpaired) electrons. The minimum Gasteiger partial charge on any atom is -0.512 e. The summed E-state index contributed by atoms with van der Waals surface area (Å²) in [5, 5.41) is 9.47. The fourth-order valence-corrected chi connectivity index (χ4v) is 1.70. The smallest absolute Gasteiger partial charge is 0.234 e. The van der Waals surface area contributed by atoms with Crippen LogP contribution >= 0.6 is 0 Å². The number of hydrogen-bond acceptors (Lipinski definition) is 4. The molecule has 0 saturated heterocycles. The number of benzene rings is 1. The summed E-state index contributed by atoms with van der Waals surface area (Å²) in [6.45, 7) is 4.76. The fraction of sp³-hybridized carbons (Fsp3) is 0.231. The third-order valence-corrected chi connectivity index (χ3v) is 2.47. The molecule has 1 heterocycles. The van der Waals surface area contributed by atoms with E-state index in [1.165, 1.54) is 13.8 Å². The monoisotopic (exact) mass is 231 g/mol. The van der Waals surface area contributed by atoms with Gasteiger partial charge < -0.3 is 9.52 Å². The lowest BCUT2D eigenvalue weighted by atomic mass is 10.1. The molecule has 0 atom stereocenters. The Kier molecular flexibility index (Phi) is 2.71. The van der Waals surface area contributed by atoms with Crippen LogP contribution in [0.3, 0.4) is 0 Å². The average molecular weight is 231 g/mol. The summed E-state index contributed by atoms with van der Waals surface area (Å²) in [5.74, 6) is -0.188. The number of carbonyl (C=O) groups is 1. The lowest BCUT2D eigenvalue weighted by Gasteiger charge is -1.98. The van der Waals surface area contributed by atoms with Crippen molar-refractivity contribution >= 4 is 22.5 Å². The van der Waals surface area contributed by atoms with Gasteiger partial charge in [0.15, 0.2) is 11.4 Å². The van der Waals surface area contributed by atoms with Gasteiger partial charge in [0.25, 0.3) is 0 Å². The third-order valence-electron chi connectivity index (χ3n) is 2.47. The van der Waals surface area contributed by atoms with Gasteiger partial charge in [0.1, 0.15) is 16.8 Å². The van der Waals surface area contributed by atoms with Crippen molar-refractivity contribution in [3.8, 4) is 0 Å². The first kappa shape index (κ1) is 11.4. The maximum Gasteiger partial charge on any atom is 0.234 e. The van der Waals surface area contributed by atoms with Crippen molar-refractivity contribution in [2.45, 2.75) is 20.8 Å². The van der Waals surface area contributed by atoms with Crippen LogP contribution in [0.25, 0.3) is 16.7 Å². The quantitative estimate of drug-likeness (QED) is 0.637. The van der Waals surface area contributed by atoms with Gasteiger partial charge in [0, 0.05) is 0 Å². The predicted octanol–water partition coefficient (Wildman–Crippen LogP) is 3.01. The number of Topliss-reactive ketones (excluding diaryl/α,β-unsaturated/α-hetero) is 1. The number of hydrogen-bond donors (Lipinski definition) is 1. The van der Waals surface area contributed by atoms with E-state index in [0.29, 0.717) is 11.1 Å². The summed E-state index contributed by atoms with van der Waals surface area (Å²) in [6.07, 6.45) is 0. The van der Waals surface area contributed by atoms with E-state index in [0.717, 1.165) is 5.56 Å². The summed E-state index contributed by atoms with van der Waals surface area (Å²) in [4.78, 5) is 15.6. The molecule has 17 heavy (non-hydrogen) atoms. The second-order valence-corrected chi connectivity index (χ2v) is 4.01. The van der Waals surface area contributed by atoms with Crippen molar-refractivity contribution in [1.82, 2.24) is 4.98 Å². The number of aryl methyl sites for hydroxylation is 1. The maximum atomic E-state index is 11.4. The second kappa shape index (κ2) is 4.05. The fourth-order valence-electron chi connectivity index (χ4n) is 1.70. The number of allylic oxidation sites excluding steroid dienone is 2. The highest BCUT2D eigenvalue weighted by Crippen LogP contribution is 2.24. The van der Waals surface area contributed by atoms with E-state index in [9.17, 15) is 9.90 Å². The average Bonchev–Trinajstić information content (AvgIpc) is 2.58. The summed E-state index contributed by atoms with van der Waals surface area (Å²) < 4.78 is 5.46. The van der Waals surface area contributed by atoms with Crippen molar-refractivity contribution in [2.75, 3.05) is 0 Å². The highest BCUT2D eigenvalue weighted by molar-refractivity contribution is 6.18. The number of aliphatic hydroxyl groups is 1. The zero-order valence-corrected chi connectivity index (χ0v) is 9.94. The van der Waals surface area contributed by atoms with E-state index in [1.807, 2.05) is 19.1 Å². The van der Waals surface area contributed by atoms with E-state index in [-0.39, 0.29) is 23.0 Å². The first-order chi connectivity index (χ1) is 7.99. The molecule has 0 aliphatic heterocycles. The van der Waals surface area contributed by atoms with E-state index >= 15 is 0 Å². The summed E-state index contributed by atoms with van der Waals surface area (Å²) in [5.41, 5.74) is 2.47. The van der Waals surface area contributed by atoms with Gasteiger partial charge in [-0.1, -0.05) is 6.07 Å². The first-order valence-corrected chi connectivity index (χ1v) is 5.27. The molecular weight excluding hydrogens is 218 g/mol. The van der Waals surface area contributed by atoms with Crippen molar-refractivity contribution in [3.05, 3.63) is 35.4 Å². The Hall–Kier alpha value is -2.10. The minimum absolute atomic E-state index is 0.0826. The van der Waals surface area contributed by atoms with E-state index in [4.69, 9.17) is 4.42 Å². The number of ketones is 1. The first-order valence-electron chi connectivity index (χ1n) is 5.27. The van der Waals surface area contributed by atoms with Gasteiger partial charge in [-0.3, -0.25) is 4.79 Å². The lowest BCUT2D eigenvalue weighted by molar-refractivity contribution is -0.112. The van der Waals surface area contributed by atoms with Gasteiger partial charge in [-0.05, 0) is 38.5 Å². The van der Waals surface area contributed by atoms with E-state index < -0.39 is 0 Å². The van der Waals surface area contributed by atoms with Crippen LogP contribution in [-0.2, 0) is 4.79 Å². The van der Waals surface area contributed by atoms with Crippen LogP contribution in [0.15, 0.2) is 28.4 Å². The molecule has 0 aliphatic rings. The Morgan fingerprint density at radius 2 is 2.06 bits per heavy atom. The summed E-state index contributed by atoms with van der Waals surface area (Å²) >= 11 is 0. The van der Waals surface area contributed by atoms with Crippen molar-refractivity contribution in [3.63, 3.8) is 0 Å². The van der Waals surface area contributed by atoms with Crippen molar-refractivity contribution in [1.29, 1.82) is 0 Å². The molecule has 4 heteroatoms. The Morgan fingerprint density at radius 3 is 2.65 bits per heavy atom. The molecular formula is C13H13NO3. The topological polar surface area (TPSA) is 63.3 Å². The molecule has 1 N–H and O–H groups in total. The van der Waals surface area contributed by atoms with Crippen molar-refractivity contribution < 1.29 is 14.3 Å². The highest BCUT2D eigenvalue weighted by atomic mass is 16.4. The Bertz CT molecular complexity index is 619. The van der Waals surface area contributed by atoms with Gasteiger partial charge in [0.05, 0.1) is 0 Å². The summed E-state index contributed by atoms with van der Waals surface area (Å²) in [6, 6.07) is 5.57. The number of nitrogens with zero attached hydrogens (tertiary/aromatic N) is 1. The molecule has 2 aromatic rings. The Balaban J connectivity index is 2.64. The molecule has 0 saturated carbocycles. The Morgan fingerprint density at radius 1 is 1.35 bits per heavy atom. The zero-order valence-electron chi connectivity index (χ0n) is 9.94. The molecule has 1 aromatic heterocycles. The van der Waals surface area contributed by atoms with Gasteiger partial charge in [0.2, 0.25) is 5.89 Å². The predicted molar refractivity (Wildman–Crippen MR) is 64.6 cm³/mol. The molecule has 0 fully saturated rings. The molecule has 0 aliphatic carbocycles. The molecule has 4 nitrogen and oxygen atoms in total. The molecule has 88 valence electrons. The number of fused-ring (bicyclic) bond motifs is 1. The van der Waals surface area contributed by atoms with E-state index in [2.05, 4.69) is 4.98 Å². The van der Waals surface area contributed by atoms with Gasteiger partial charge in [-0.25, -0.2) is 4.98 Å². The zero-order chi connectivity index (χ0) is 12.6. The molecule has 1 aromatic carbocycles. The summed E-state index contributed by atoms with van der Waals surface area (Å²) in [7, 11) is 0. The van der Waals surface area contributed by atoms with Gasteiger partial charge in [-0.15, -0.1) is 0 Å². The van der Waals surface area contributed by atoms with E-state index in [1.54, 1.807) is 6.07 Å². The number of aliphatic hydroxyl groups excluding tert-OH is 1. The number of oxazole rings is 1. The second-order valence-electron chi connectivity index (χ2n) is 4.01. The van der Waals surface area contributed by atoms with Crippen molar-refractivity contribution in [2.24, 2.45) is 0 Å². The Labute approximate surface area is 98.6 Å². The standard InChI is InChI=1S/C13H13NO3/c1-7-4-5-11-10(6-7)14-13(17-11)12(8(2)15)9(3)16/h4-6,15H,1-3H3. The van der Waals surface area contributed by atoms with Crippen LogP contribution < -0.4 is 0 Å². The van der Waals surface area contributed by atoms with Crippen LogP contribution in [0.4, 0.5) is 0 Å². The molecule has 0 amide bonds. The maximum absolute atomic E-state index is 11.4.